The van der Waals surface area contributed by atoms with E-state index < -0.39 is 6.10 Å². The zero-order valence-electron chi connectivity index (χ0n) is 6.15. The van der Waals surface area contributed by atoms with E-state index in [2.05, 4.69) is 0 Å². The van der Waals surface area contributed by atoms with Crippen molar-refractivity contribution in [3.8, 4) is 11.5 Å². The minimum atomic E-state index is -0.762. The van der Waals surface area contributed by atoms with Gasteiger partial charge in [0.15, 0.2) is 0 Å². The molecule has 0 unspecified atom stereocenters. The smallest absolute Gasteiger partial charge is 0.121 e. The second-order valence-electron chi connectivity index (χ2n) is 2.42. The summed E-state index contributed by atoms with van der Waals surface area (Å²) >= 11 is 0. The van der Waals surface area contributed by atoms with Crippen molar-refractivity contribution < 1.29 is 15.3 Å². The summed E-state index contributed by atoms with van der Waals surface area (Å²) in [7, 11) is 0. The minimum absolute atomic E-state index is 0.00204. The van der Waals surface area contributed by atoms with E-state index in [-0.39, 0.29) is 11.5 Å². The van der Waals surface area contributed by atoms with Gasteiger partial charge in [-0.3, -0.25) is 0 Å². The molecule has 0 fully saturated rings. The van der Waals surface area contributed by atoms with Crippen LogP contribution in [0.15, 0.2) is 18.2 Å². The molecule has 0 saturated heterocycles. The Labute approximate surface area is 64.5 Å². The van der Waals surface area contributed by atoms with E-state index in [0.717, 1.165) is 0 Å². The van der Waals surface area contributed by atoms with E-state index >= 15 is 0 Å². The third-order valence-electron chi connectivity index (χ3n) is 1.46. The Balaban J connectivity index is 3.13. The normalized spacial score (nSPS) is 12.9. The number of phenols is 2. The third-order valence-corrected chi connectivity index (χ3v) is 1.46. The van der Waals surface area contributed by atoms with Crippen LogP contribution in [0.2, 0.25) is 0 Å². The van der Waals surface area contributed by atoms with Crippen LogP contribution in [0.1, 0.15) is 18.6 Å². The van der Waals surface area contributed by atoms with Gasteiger partial charge >= 0.3 is 0 Å². The summed E-state index contributed by atoms with van der Waals surface area (Å²) in [4.78, 5) is 0. The van der Waals surface area contributed by atoms with E-state index in [1.807, 2.05) is 0 Å². The van der Waals surface area contributed by atoms with Crippen molar-refractivity contribution in [2.75, 3.05) is 0 Å². The van der Waals surface area contributed by atoms with Gasteiger partial charge in [-0.15, -0.1) is 0 Å². The average molecular weight is 154 g/mol. The lowest BCUT2D eigenvalue weighted by molar-refractivity contribution is 0.194. The first-order valence-electron chi connectivity index (χ1n) is 3.31. The molecule has 1 aromatic carbocycles. The van der Waals surface area contributed by atoms with Crippen LogP contribution in [0.3, 0.4) is 0 Å². The molecule has 0 radical (unpaired) electrons. The highest BCUT2D eigenvalue weighted by molar-refractivity contribution is 5.39. The Hall–Kier alpha value is -1.22. The van der Waals surface area contributed by atoms with Crippen molar-refractivity contribution in [3.05, 3.63) is 23.8 Å². The first-order valence-corrected chi connectivity index (χ1v) is 3.31. The summed E-state index contributed by atoms with van der Waals surface area (Å²) in [5.74, 6) is 0.0384. The number of aliphatic hydroxyl groups is 1. The quantitative estimate of drug-likeness (QED) is 0.532. The second-order valence-corrected chi connectivity index (χ2v) is 2.42. The van der Waals surface area contributed by atoms with Crippen molar-refractivity contribution in [2.24, 2.45) is 0 Å². The zero-order chi connectivity index (χ0) is 8.43. The van der Waals surface area contributed by atoms with Crippen LogP contribution in [0, 0.1) is 0 Å². The maximum Gasteiger partial charge on any atom is 0.121 e. The highest BCUT2D eigenvalue weighted by atomic mass is 16.3. The largest absolute Gasteiger partial charge is 0.508 e. The molecule has 3 nitrogen and oxygen atoms in total. The van der Waals surface area contributed by atoms with Gasteiger partial charge in [-0.25, -0.2) is 0 Å². The summed E-state index contributed by atoms with van der Waals surface area (Å²) in [6, 6.07) is 4.04. The van der Waals surface area contributed by atoms with E-state index in [0.29, 0.717) is 5.56 Å². The monoisotopic (exact) mass is 154 g/mol. The van der Waals surface area contributed by atoms with Crippen LogP contribution in [0.5, 0.6) is 11.5 Å². The molecule has 3 N–H and O–H groups in total. The summed E-state index contributed by atoms with van der Waals surface area (Å²) in [5, 5.41) is 27.2. The van der Waals surface area contributed by atoms with E-state index in [4.69, 9.17) is 15.3 Å². The fourth-order valence-corrected chi connectivity index (χ4v) is 0.877. The highest BCUT2D eigenvalue weighted by Crippen LogP contribution is 2.27. The van der Waals surface area contributed by atoms with Gasteiger partial charge in [-0.2, -0.15) is 0 Å². The number of aliphatic hydroxyl groups excluding tert-OH is 1. The molecule has 0 aliphatic heterocycles. The van der Waals surface area contributed by atoms with Gasteiger partial charge in [0.2, 0.25) is 0 Å². The molecule has 0 saturated carbocycles. The number of hydrogen-bond donors (Lipinski definition) is 3. The predicted octanol–water partition coefficient (Wildman–Crippen LogP) is 1.15. The molecule has 60 valence electrons. The average Bonchev–Trinajstić information content (AvgIpc) is 1.94. The Morgan fingerprint density at radius 1 is 1.27 bits per heavy atom. The molecule has 0 amide bonds. The molecule has 0 aliphatic carbocycles. The number of aromatic hydroxyl groups is 2. The van der Waals surface area contributed by atoms with Gasteiger partial charge in [0.05, 0.1) is 6.10 Å². The summed E-state index contributed by atoms with van der Waals surface area (Å²) in [6.07, 6.45) is -0.762. The number of rotatable bonds is 1. The minimum Gasteiger partial charge on any atom is -0.508 e. The maximum atomic E-state index is 9.13. The lowest BCUT2D eigenvalue weighted by atomic mass is 10.1. The van der Waals surface area contributed by atoms with Crippen LogP contribution in [-0.2, 0) is 0 Å². The molecule has 3 heteroatoms. The van der Waals surface area contributed by atoms with Crippen molar-refractivity contribution in [1.29, 1.82) is 0 Å². The zero-order valence-corrected chi connectivity index (χ0v) is 6.15. The summed E-state index contributed by atoms with van der Waals surface area (Å²) in [6.45, 7) is 1.52. The van der Waals surface area contributed by atoms with Crippen molar-refractivity contribution in [1.82, 2.24) is 0 Å². The topological polar surface area (TPSA) is 60.7 Å². The lowest BCUT2D eigenvalue weighted by Crippen LogP contribution is -1.90. The lowest BCUT2D eigenvalue weighted by Gasteiger charge is -2.06. The first-order chi connectivity index (χ1) is 5.11. The molecule has 1 atom stereocenters. The molecule has 1 rings (SSSR count). The number of hydrogen-bond acceptors (Lipinski definition) is 3. The van der Waals surface area contributed by atoms with Crippen LogP contribution < -0.4 is 0 Å². The fraction of sp³-hybridized carbons (Fsp3) is 0.250. The molecular weight excluding hydrogens is 144 g/mol. The Morgan fingerprint density at radius 2 is 1.91 bits per heavy atom. The molecule has 0 bridgehead atoms. The summed E-state index contributed by atoms with van der Waals surface area (Å²) in [5.41, 5.74) is 0.338. The van der Waals surface area contributed by atoms with Crippen molar-refractivity contribution in [3.63, 3.8) is 0 Å². The third kappa shape index (κ3) is 1.62. The first kappa shape index (κ1) is 7.88. The van der Waals surface area contributed by atoms with E-state index in [1.54, 1.807) is 0 Å². The number of benzene rings is 1. The Kier molecular flexibility index (Phi) is 2.01. The molecule has 0 aliphatic rings. The highest BCUT2D eigenvalue weighted by Gasteiger charge is 2.06. The predicted molar refractivity (Wildman–Crippen MR) is 40.4 cm³/mol. The van der Waals surface area contributed by atoms with Crippen molar-refractivity contribution >= 4 is 0 Å². The van der Waals surface area contributed by atoms with Gasteiger partial charge in [-0.05, 0) is 25.1 Å². The van der Waals surface area contributed by atoms with E-state index in [1.165, 1.54) is 25.1 Å². The van der Waals surface area contributed by atoms with E-state index in [9.17, 15) is 0 Å². The van der Waals surface area contributed by atoms with Crippen LogP contribution in [0.25, 0.3) is 0 Å². The molecule has 0 aromatic heterocycles. The van der Waals surface area contributed by atoms with Gasteiger partial charge < -0.3 is 15.3 Å². The van der Waals surface area contributed by atoms with Gasteiger partial charge in [0, 0.05) is 5.56 Å². The molecule has 11 heavy (non-hydrogen) atoms. The van der Waals surface area contributed by atoms with Crippen LogP contribution in [0.4, 0.5) is 0 Å². The summed E-state index contributed by atoms with van der Waals surface area (Å²) < 4.78 is 0. The van der Waals surface area contributed by atoms with Gasteiger partial charge in [0.1, 0.15) is 11.5 Å². The molecule has 0 heterocycles. The molecular formula is C8H10O3. The van der Waals surface area contributed by atoms with Crippen LogP contribution >= 0.6 is 0 Å². The molecule has 0 spiro atoms. The second kappa shape index (κ2) is 2.80. The fourth-order valence-electron chi connectivity index (χ4n) is 0.877. The Bertz CT molecular complexity index is 256. The Morgan fingerprint density at radius 3 is 2.36 bits per heavy atom. The van der Waals surface area contributed by atoms with Gasteiger partial charge in [0.25, 0.3) is 0 Å². The maximum absolute atomic E-state index is 9.13. The van der Waals surface area contributed by atoms with Gasteiger partial charge in [-0.1, -0.05) is 0 Å². The number of phenolic OH excluding ortho intramolecular Hbond substituents is 2. The van der Waals surface area contributed by atoms with Crippen molar-refractivity contribution in [2.45, 2.75) is 13.0 Å². The van der Waals surface area contributed by atoms with Crippen LogP contribution in [-0.4, -0.2) is 15.3 Å². The SMILES string of the molecule is C[C@@H](O)c1cc(O)ccc1O. The standard InChI is InChI=1S/C8H10O3/c1-5(9)7-4-6(10)2-3-8(7)11/h2-5,9-11H,1H3/t5-/m1/s1. The molecule has 1 aromatic rings.